The summed E-state index contributed by atoms with van der Waals surface area (Å²) in [4.78, 5) is 20.3. The highest BCUT2D eigenvalue weighted by molar-refractivity contribution is 5.77. The van der Waals surface area contributed by atoms with Crippen LogP contribution in [-0.2, 0) is 9.53 Å². The second-order valence-electron chi connectivity index (χ2n) is 4.87. The van der Waals surface area contributed by atoms with Gasteiger partial charge < -0.3 is 14.5 Å². The molecular weight excluding hydrogens is 242 g/mol. The summed E-state index contributed by atoms with van der Waals surface area (Å²) in [6, 6.07) is 6.16. The number of hydrogen-bond acceptors (Lipinski definition) is 4. The van der Waals surface area contributed by atoms with E-state index < -0.39 is 0 Å². The standard InChI is InChI=1S/C14H21N3O2/c1-16(14(18)11-19-2)12-6-5-9-17(10-12)13-7-3-4-8-15-13/h3-4,7-8,12H,5-6,9-11H2,1-2H3/t12-/m0/s1. The summed E-state index contributed by atoms with van der Waals surface area (Å²) < 4.78 is 4.91. The third kappa shape index (κ3) is 3.44. The first-order chi connectivity index (χ1) is 9.22. The number of aromatic nitrogens is 1. The van der Waals surface area contributed by atoms with E-state index in [1.54, 1.807) is 18.2 Å². The molecule has 0 saturated carbocycles. The molecule has 5 nitrogen and oxygen atoms in total. The smallest absolute Gasteiger partial charge is 0.248 e. The maximum absolute atomic E-state index is 11.9. The number of amides is 1. The first-order valence-corrected chi connectivity index (χ1v) is 6.63. The van der Waals surface area contributed by atoms with Crippen molar-refractivity contribution in [3.05, 3.63) is 24.4 Å². The number of piperidine rings is 1. The molecule has 0 bridgehead atoms. The Morgan fingerprint density at radius 2 is 2.42 bits per heavy atom. The van der Waals surface area contributed by atoms with Crippen molar-refractivity contribution >= 4 is 11.7 Å². The number of hydrogen-bond donors (Lipinski definition) is 0. The second-order valence-corrected chi connectivity index (χ2v) is 4.87. The average Bonchev–Trinajstić information content (AvgIpc) is 2.48. The molecule has 104 valence electrons. The first-order valence-electron chi connectivity index (χ1n) is 6.63. The maximum atomic E-state index is 11.9. The van der Waals surface area contributed by atoms with Crippen LogP contribution in [0.1, 0.15) is 12.8 Å². The van der Waals surface area contributed by atoms with E-state index in [0.717, 1.165) is 31.7 Å². The minimum Gasteiger partial charge on any atom is -0.375 e. The van der Waals surface area contributed by atoms with Crippen LogP contribution in [0.4, 0.5) is 5.82 Å². The Labute approximate surface area is 114 Å². The van der Waals surface area contributed by atoms with E-state index in [2.05, 4.69) is 9.88 Å². The van der Waals surface area contributed by atoms with Crippen molar-refractivity contribution in [3.8, 4) is 0 Å². The monoisotopic (exact) mass is 263 g/mol. The van der Waals surface area contributed by atoms with Crippen LogP contribution in [0.5, 0.6) is 0 Å². The van der Waals surface area contributed by atoms with E-state index in [4.69, 9.17) is 4.74 Å². The third-order valence-corrected chi connectivity index (χ3v) is 3.58. The summed E-state index contributed by atoms with van der Waals surface area (Å²) in [5, 5.41) is 0. The summed E-state index contributed by atoms with van der Waals surface area (Å²) in [6.07, 6.45) is 3.92. The van der Waals surface area contributed by atoms with Crippen LogP contribution in [0.25, 0.3) is 0 Å². The van der Waals surface area contributed by atoms with Crippen molar-refractivity contribution in [2.24, 2.45) is 0 Å². The van der Waals surface area contributed by atoms with Gasteiger partial charge in [0, 0.05) is 39.5 Å². The molecule has 1 aliphatic rings. The van der Waals surface area contributed by atoms with Crippen molar-refractivity contribution in [1.82, 2.24) is 9.88 Å². The minimum atomic E-state index is 0.0374. The van der Waals surface area contributed by atoms with E-state index in [9.17, 15) is 4.79 Å². The zero-order valence-corrected chi connectivity index (χ0v) is 11.6. The van der Waals surface area contributed by atoms with Crippen LogP contribution in [-0.4, -0.2) is 55.7 Å². The average molecular weight is 263 g/mol. The number of carbonyl (C=O) groups excluding carboxylic acids is 1. The van der Waals surface area contributed by atoms with E-state index in [0.29, 0.717) is 0 Å². The Kier molecular flexibility index (Phi) is 4.74. The van der Waals surface area contributed by atoms with Gasteiger partial charge in [-0.3, -0.25) is 4.79 Å². The number of anilines is 1. The molecule has 5 heteroatoms. The molecule has 1 aromatic rings. The lowest BCUT2D eigenvalue weighted by Crippen LogP contribution is -2.49. The molecule has 1 aromatic heterocycles. The van der Waals surface area contributed by atoms with Crippen LogP contribution in [0.15, 0.2) is 24.4 Å². The normalized spacial score (nSPS) is 19.3. The highest BCUT2D eigenvalue weighted by atomic mass is 16.5. The fourth-order valence-electron chi connectivity index (χ4n) is 2.45. The molecule has 19 heavy (non-hydrogen) atoms. The second kappa shape index (κ2) is 6.52. The number of methoxy groups -OCH3 is 1. The molecule has 1 amide bonds. The fraction of sp³-hybridized carbons (Fsp3) is 0.571. The van der Waals surface area contributed by atoms with Gasteiger partial charge in [0.1, 0.15) is 12.4 Å². The molecular formula is C14H21N3O2. The molecule has 1 atom stereocenters. The largest absolute Gasteiger partial charge is 0.375 e. The molecule has 1 aliphatic heterocycles. The van der Waals surface area contributed by atoms with Gasteiger partial charge >= 0.3 is 0 Å². The molecule has 0 aliphatic carbocycles. The fourth-order valence-corrected chi connectivity index (χ4v) is 2.45. The molecule has 0 spiro atoms. The first kappa shape index (κ1) is 13.8. The molecule has 0 unspecified atom stereocenters. The molecule has 1 saturated heterocycles. The van der Waals surface area contributed by atoms with Gasteiger partial charge in [0.05, 0.1) is 0 Å². The Balaban J connectivity index is 1.99. The molecule has 0 aromatic carbocycles. The van der Waals surface area contributed by atoms with Gasteiger partial charge in [-0.15, -0.1) is 0 Å². The van der Waals surface area contributed by atoms with Gasteiger partial charge in [-0.2, -0.15) is 0 Å². The number of nitrogens with zero attached hydrogens (tertiary/aromatic N) is 3. The molecule has 1 fully saturated rings. The van der Waals surface area contributed by atoms with Gasteiger partial charge in [0.2, 0.25) is 5.91 Å². The van der Waals surface area contributed by atoms with E-state index >= 15 is 0 Å². The number of rotatable bonds is 4. The zero-order valence-electron chi connectivity index (χ0n) is 11.6. The SMILES string of the molecule is COCC(=O)N(C)[C@H]1CCCN(c2ccccn2)C1. The van der Waals surface area contributed by atoms with E-state index in [1.165, 1.54) is 0 Å². The Hall–Kier alpha value is -1.62. The van der Waals surface area contributed by atoms with E-state index in [-0.39, 0.29) is 18.6 Å². The van der Waals surface area contributed by atoms with Gasteiger partial charge in [-0.1, -0.05) is 6.07 Å². The van der Waals surface area contributed by atoms with Crippen LogP contribution >= 0.6 is 0 Å². The summed E-state index contributed by atoms with van der Waals surface area (Å²) >= 11 is 0. The predicted molar refractivity (Wildman–Crippen MR) is 74.1 cm³/mol. The molecule has 0 N–H and O–H groups in total. The van der Waals surface area contributed by atoms with Gasteiger partial charge in [0.25, 0.3) is 0 Å². The van der Waals surface area contributed by atoms with Crippen LogP contribution in [0, 0.1) is 0 Å². The Morgan fingerprint density at radius 3 is 3.11 bits per heavy atom. The van der Waals surface area contributed by atoms with Gasteiger partial charge in [-0.05, 0) is 25.0 Å². The van der Waals surface area contributed by atoms with Gasteiger partial charge in [0.15, 0.2) is 0 Å². The third-order valence-electron chi connectivity index (χ3n) is 3.58. The lowest BCUT2D eigenvalue weighted by Gasteiger charge is -2.38. The van der Waals surface area contributed by atoms with Crippen molar-refractivity contribution in [2.75, 3.05) is 38.8 Å². The highest BCUT2D eigenvalue weighted by Gasteiger charge is 2.26. The predicted octanol–water partition coefficient (Wildman–Crippen LogP) is 1.16. The number of carbonyl (C=O) groups is 1. The summed E-state index contributed by atoms with van der Waals surface area (Å²) in [7, 11) is 3.40. The van der Waals surface area contributed by atoms with Crippen LogP contribution in [0.2, 0.25) is 0 Å². The van der Waals surface area contributed by atoms with Crippen LogP contribution in [0.3, 0.4) is 0 Å². The zero-order chi connectivity index (χ0) is 13.7. The minimum absolute atomic E-state index is 0.0374. The Morgan fingerprint density at radius 1 is 1.58 bits per heavy atom. The summed E-state index contributed by atoms with van der Waals surface area (Å²) in [5.74, 6) is 1.02. The molecule has 0 radical (unpaired) electrons. The number of likely N-dealkylation sites (N-methyl/N-ethyl adjacent to an activating group) is 1. The van der Waals surface area contributed by atoms with Gasteiger partial charge in [-0.25, -0.2) is 4.98 Å². The molecule has 2 rings (SSSR count). The number of ether oxygens (including phenoxy) is 1. The lowest BCUT2D eigenvalue weighted by molar-refractivity contribution is -0.136. The molecule has 2 heterocycles. The Bertz CT molecular complexity index is 410. The number of pyridine rings is 1. The highest BCUT2D eigenvalue weighted by Crippen LogP contribution is 2.20. The van der Waals surface area contributed by atoms with Crippen molar-refractivity contribution in [2.45, 2.75) is 18.9 Å². The summed E-state index contributed by atoms with van der Waals surface area (Å²) in [6.45, 7) is 1.99. The maximum Gasteiger partial charge on any atom is 0.248 e. The quantitative estimate of drug-likeness (QED) is 0.817. The van der Waals surface area contributed by atoms with Crippen LogP contribution < -0.4 is 4.90 Å². The van der Waals surface area contributed by atoms with Crippen molar-refractivity contribution in [3.63, 3.8) is 0 Å². The van der Waals surface area contributed by atoms with Crippen molar-refractivity contribution in [1.29, 1.82) is 0 Å². The van der Waals surface area contributed by atoms with Crippen molar-refractivity contribution < 1.29 is 9.53 Å². The summed E-state index contributed by atoms with van der Waals surface area (Å²) in [5.41, 5.74) is 0. The lowest BCUT2D eigenvalue weighted by atomic mass is 10.0. The topological polar surface area (TPSA) is 45.7 Å². The van der Waals surface area contributed by atoms with E-state index in [1.807, 2.05) is 25.2 Å².